The van der Waals surface area contributed by atoms with Gasteiger partial charge in [0.15, 0.2) is 0 Å². The van der Waals surface area contributed by atoms with Crippen molar-refractivity contribution in [1.82, 2.24) is 4.90 Å². The number of amides is 1. The van der Waals surface area contributed by atoms with E-state index in [9.17, 15) is 4.79 Å². The molecular formula is C15H22N2O2. The number of hydrogen-bond donors (Lipinski definition) is 1. The van der Waals surface area contributed by atoms with Crippen molar-refractivity contribution >= 4 is 11.6 Å². The average Bonchev–Trinajstić information content (AvgIpc) is 2.71. The summed E-state index contributed by atoms with van der Waals surface area (Å²) in [5.74, 6) is 1.01. The number of likely N-dealkylation sites (tertiary alicyclic amines) is 1. The minimum atomic E-state index is -0.108. The van der Waals surface area contributed by atoms with Crippen LogP contribution in [0.2, 0.25) is 0 Å². The molecule has 104 valence electrons. The normalized spacial score (nSPS) is 20.5. The zero-order valence-corrected chi connectivity index (χ0v) is 11.8. The number of rotatable bonds is 5. The van der Waals surface area contributed by atoms with Gasteiger partial charge in [-0.3, -0.25) is 4.79 Å². The lowest BCUT2D eigenvalue weighted by Gasteiger charge is -2.16. The second-order valence-electron chi connectivity index (χ2n) is 5.11. The number of carbonyl (C=O) groups excluding carboxylic acids is 1. The summed E-state index contributed by atoms with van der Waals surface area (Å²) in [5, 5.41) is 3.28. The molecule has 1 aromatic carbocycles. The lowest BCUT2D eigenvalue weighted by Crippen LogP contribution is -2.30. The van der Waals surface area contributed by atoms with Crippen molar-refractivity contribution in [3.05, 3.63) is 24.3 Å². The summed E-state index contributed by atoms with van der Waals surface area (Å²) >= 11 is 0. The highest BCUT2D eigenvalue weighted by atomic mass is 16.5. The van der Waals surface area contributed by atoms with E-state index in [1.807, 2.05) is 31.3 Å². The quantitative estimate of drug-likeness (QED) is 0.886. The van der Waals surface area contributed by atoms with Crippen LogP contribution in [0, 0.1) is 0 Å². The number of carbonyl (C=O) groups is 1. The van der Waals surface area contributed by atoms with Crippen LogP contribution in [0.5, 0.6) is 5.75 Å². The number of ether oxygens (including phenoxy) is 1. The maximum Gasteiger partial charge on any atom is 0.244 e. The molecule has 0 bridgehead atoms. The molecule has 0 radical (unpaired) electrons. The van der Waals surface area contributed by atoms with E-state index in [4.69, 9.17) is 4.74 Å². The van der Waals surface area contributed by atoms with Crippen LogP contribution in [0.25, 0.3) is 0 Å². The maximum atomic E-state index is 11.9. The Morgan fingerprint density at radius 1 is 1.53 bits per heavy atom. The molecule has 1 fully saturated rings. The van der Waals surface area contributed by atoms with Crippen molar-refractivity contribution < 1.29 is 9.53 Å². The molecule has 0 saturated carbocycles. The third-order valence-corrected chi connectivity index (χ3v) is 3.51. The minimum absolute atomic E-state index is 0.108. The average molecular weight is 262 g/mol. The topological polar surface area (TPSA) is 41.6 Å². The SMILES string of the molecule is CCC(C)Oc1cccc(NC2CCN(C)C2=O)c1. The smallest absolute Gasteiger partial charge is 0.244 e. The summed E-state index contributed by atoms with van der Waals surface area (Å²) in [6.07, 6.45) is 2.03. The van der Waals surface area contributed by atoms with Gasteiger partial charge in [-0.1, -0.05) is 13.0 Å². The fraction of sp³-hybridized carbons (Fsp3) is 0.533. The molecule has 1 aliphatic heterocycles. The van der Waals surface area contributed by atoms with E-state index < -0.39 is 0 Å². The molecule has 1 heterocycles. The van der Waals surface area contributed by atoms with E-state index in [-0.39, 0.29) is 18.1 Å². The number of nitrogens with one attached hydrogen (secondary N) is 1. The summed E-state index contributed by atoms with van der Waals surface area (Å²) in [5.41, 5.74) is 0.939. The highest BCUT2D eigenvalue weighted by Gasteiger charge is 2.28. The van der Waals surface area contributed by atoms with Gasteiger partial charge in [0.2, 0.25) is 5.91 Å². The Bertz CT molecular complexity index is 448. The van der Waals surface area contributed by atoms with Crippen LogP contribution in [-0.2, 0) is 4.79 Å². The van der Waals surface area contributed by atoms with Crippen LogP contribution in [0.3, 0.4) is 0 Å². The van der Waals surface area contributed by atoms with E-state index in [1.165, 1.54) is 0 Å². The molecule has 0 aliphatic carbocycles. The summed E-state index contributed by atoms with van der Waals surface area (Å²) in [6.45, 7) is 4.97. The molecule has 2 atom stereocenters. The third kappa shape index (κ3) is 3.40. The third-order valence-electron chi connectivity index (χ3n) is 3.51. The van der Waals surface area contributed by atoms with Gasteiger partial charge in [0.25, 0.3) is 0 Å². The predicted octanol–water partition coefficient (Wildman–Crippen LogP) is 2.51. The molecule has 4 heteroatoms. The van der Waals surface area contributed by atoms with Crippen molar-refractivity contribution in [3.63, 3.8) is 0 Å². The zero-order valence-electron chi connectivity index (χ0n) is 11.8. The summed E-state index contributed by atoms with van der Waals surface area (Å²) in [7, 11) is 1.84. The van der Waals surface area contributed by atoms with Gasteiger partial charge in [-0.15, -0.1) is 0 Å². The molecule has 0 aromatic heterocycles. The van der Waals surface area contributed by atoms with Gasteiger partial charge in [0.05, 0.1) is 6.10 Å². The Kier molecular flexibility index (Phi) is 4.30. The fourth-order valence-electron chi connectivity index (χ4n) is 2.13. The van der Waals surface area contributed by atoms with Gasteiger partial charge < -0.3 is 15.0 Å². The molecule has 1 aromatic rings. The molecule has 1 N–H and O–H groups in total. The molecule has 0 spiro atoms. The second-order valence-corrected chi connectivity index (χ2v) is 5.11. The highest BCUT2D eigenvalue weighted by molar-refractivity contribution is 5.86. The van der Waals surface area contributed by atoms with Crippen molar-refractivity contribution in [2.75, 3.05) is 18.9 Å². The first-order valence-corrected chi connectivity index (χ1v) is 6.88. The van der Waals surface area contributed by atoms with E-state index in [0.717, 1.165) is 30.8 Å². The first-order chi connectivity index (χ1) is 9.10. The maximum absolute atomic E-state index is 11.9. The Labute approximate surface area is 114 Å². The van der Waals surface area contributed by atoms with Crippen LogP contribution in [-0.4, -0.2) is 36.5 Å². The number of likely N-dealkylation sites (N-methyl/N-ethyl adjacent to an activating group) is 1. The second kappa shape index (κ2) is 5.95. The number of nitrogens with zero attached hydrogens (tertiary/aromatic N) is 1. The monoisotopic (exact) mass is 262 g/mol. The largest absolute Gasteiger partial charge is 0.491 e. The Morgan fingerprint density at radius 3 is 2.95 bits per heavy atom. The standard InChI is InChI=1S/C15H22N2O2/c1-4-11(2)19-13-7-5-6-12(10-13)16-14-8-9-17(3)15(14)18/h5-7,10-11,14,16H,4,8-9H2,1-3H3. The molecule has 2 unspecified atom stereocenters. The Hall–Kier alpha value is -1.71. The molecule has 4 nitrogen and oxygen atoms in total. The first-order valence-electron chi connectivity index (χ1n) is 6.88. The first kappa shape index (κ1) is 13.7. The van der Waals surface area contributed by atoms with Crippen molar-refractivity contribution in [2.24, 2.45) is 0 Å². The van der Waals surface area contributed by atoms with E-state index in [0.29, 0.717) is 0 Å². The van der Waals surface area contributed by atoms with Crippen LogP contribution in [0.4, 0.5) is 5.69 Å². The lowest BCUT2D eigenvalue weighted by atomic mass is 10.2. The van der Waals surface area contributed by atoms with Crippen LogP contribution >= 0.6 is 0 Å². The van der Waals surface area contributed by atoms with Gasteiger partial charge in [-0.2, -0.15) is 0 Å². The molecule has 19 heavy (non-hydrogen) atoms. The van der Waals surface area contributed by atoms with Crippen LogP contribution < -0.4 is 10.1 Å². The highest BCUT2D eigenvalue weighted by Crippen LogP contribution is 2.22. The number of anilines is 1. The Balaban J connectivity index is 2.01. The van der Waals surface area contributed by atoms with Crippen molar-refractivity contribution in [1.29, 1.82) is 0 Å². The van der Waals surface area contributed by atoms with Gasteiger partial charge in [0, 0.05) is 25.3 Å². The lowest BCUT2D eigenvalue weighted by molar-refractivity contribution is -0.127. The predicted molar refractivity (Wildman–Crippen MR) is 76.5 cm³/mol. The van der Waals surface area contributed by atoms with Crippen molar-refractivity contribution in [2.45, 2.75) is 38.8 Å². The number of benzene rings is 1. The van der Waals surface area contributed by atoms with Crippen LogP contribution in [0.1, 0.15) is 26.7 Å². The van der Waals surface area contributed by atoms with Crippen LogP contribution in [0.15, 0.2) is 24.3 Å². The summed E-state index contributed by atoms with van der Waals surface area (Å²) in [6, 6.07) is 7.71. The molecular weight excluding hydrogens is 240 g/mol. The molecule has 2 rings (SSSR count). The fourth-order valence-corrected chi connectivity index (χ4v) is 2.13. The van der Waals surface area contributed by atoms with E-state index in [1.54, 1.807) is 4.90 Å². The van der Waals surface area contributed by atoms with Crippen molar-refractivity contribution in [3.8, 4) is 5.75 Å². The molecule has 1 amide bonds. The van der Waals surface area contributed by atoms with Gasteiger partial charge in [-0.25, -0.2) is 0 Å². The van der Waals surface area contributed by atoms with Gasteiger partial charge in [-0.05, 0) is 31.9 Å². The van der Waals surface area contributed by atoms with E-state index in [2.05, 4.69) is 19.2 Å². The summed E-state index contributed by atoms with van der Waals surface area (Å²) in [4.78, 5) is 13.6. The summed E-state index contributed by atoms with van der Waals surface area (Å²) < 4.78 is 5.78. The van der Waals surface area contributed by atoms with Gasteiger partial charge in [0.1, 0.15) is 11.8 Å². The number of hydrogen-bond acceptors (Lipinski definition) is 3. The Morgan fingerprint density at radius 2 is 2.32 bits per heavy atom. The zero-order chi connectivity index (χ0) is 13.8. The minimum Gasteiger partial charge on any atom is -0.491 e. The molecule has 1 saturated heterocycles. The van der Waals surface area contributed by atoms with E-state index >= 15 is 0 Å². The van der Waals surface area contributed by atoms with Gasteiger partial charge >= 0.3 is 0 Å². The molecule has 1 aliphatic rings.